The molecule has 1 N–H and O–H groups in total. The van der Waals surface area contributed by atoms with E-state index >= 15 is 0 Å². The molecule has 156 valence electrons. The summed E-state index contributed by atoms with van der Waals surface area (Å²) in [6, 6.07) is 11.1. The average molecular weight is 412 g/mol. The van der Waals surface area contributed by atoms with E-state index in [4.69, 9.17) is 9.47 Å². The van der Waals surface area contributed by atoms with Crippen molar-refractivity contribution in [3.8, 4) is 5.75 Å². The van der Waals surface area contributed by atoms with Gasteiger partial charge in [-0.15, -0.1) is 0 Å². The highest BCUT2D eigenvalue weighted by Gasteiger charge is 2.46. The van der Waals surface area contributed by atoms with Crippen molar-refractivity contribution >= 4 is 23.1 Å². The number of nitro groups is 1. The Morgan fingerprint density at radius 1 is 1.17 bits per heavy atom. The lowest BCUT2D eigenvalue weighted by Gasteiger charge is -2.26. The molecule has 0 bridgehead atoms. The van der Waals surface area contributed by atoms with Crippen molar-refractivity contribution in [2.45, 2.75) is 6.04 Å². The van der Waals surface area contributed by atoms with Gasteiger partial charge in [0, 0.05) is 36.9 Å². The molecule has 3 rings (SSSR count). The van der Waals surface area contributed by atoms with Crippen molar-refractivity contribution in [1.29, 1.82) is 0 Å². The molecule has 1 saturated heterocycles. The molecule has 9 nitrogen and oxygen atoms in total. The molecule has 0 aliphatic carbocycles. The first-order valence-corrected chi connectivity index (χ1v) is 9.05. The smallest absolute Gasteiger partial charge is 0.295 e. The molecule has 2 aromatic rings. The summed E-state index contributed by atoms with van der Waals surface area (Å²) in [6.07, 6.45) is 0. The molecule has 1 atom stereocenters. The molecule has 1 unspecified atom stereocenters. The summed E-state index contributed by atoms with van der Waals surface area (Å²) >= 11 is 0. The van der Waals surface area contributed by atoms with Crippen molar-refractivity contribution in [3.05, 3.63) is 75.3 Å². The number of Topliss-reactive ketones (excluding diaryl/α,β-unsaturated/α-hetero) is 1. The van der Waals surface area contributed by atoms with E-state index in [0.29, 0.717) is 11.3 Å². The number of hydrogen-bond acceptors (Lipinski definition) is 7. The van der Waals surface area contributed by atoms with Crippen molar-refractivity contribution in [2.75, 3.05) is 27.4 Å². The van der Waals surface area contributed by atoms with Crippen molar-refractivity contribution in [2.24, 2.45) is 0 Å². The lowest BCUT2D eigenvalue weighted by atomic mass is 9.94. The Bertz CT molecular complexity index is 1030. The molecule has 0 radical (unpaired) electrons. The maximum absolute atomic E-state index is 12.9. The number of nitrogens with zero attached hydrogens (tertiary/aromatic N) is 2. The molecule has 1 fully saturated rings. The van der Waals surface area contributed by atoms with Gasteiger partial charge in [0.2, 0.25) is 0 Å². The Labute approximate surface area is 172 Å². The minimum absolute atomic E-state index is 0.0637. The maximum atomic E-state index is 12.9. The van der Waals surface area contributed by atoms with Gasteiger partial charge in [0.25, 0.3) is 17.4 Å². The summed E-state index contributed by atoms with van der Waals surface area (Å²) in [7, 11) is 2.93. The van der Waals surface area contributed by atoms with Gasteiger partial charge in [0.1, 0.15) is 11.5 Å². The number of hydrogen-bond donors (Lipinski definition) is 1. The number of rotatable bonds is 7. The second-order valence-electron chi connectivity index (χ2n) is 6.53. The van der Waals surface area contributed by atoms with Gasteiger partial charge in [0.15, 0.2) is 0 Å². The number of non-ortho nitro benzene ring substituents is 1. The number of benzene rings is 2. The first-order valence-electron chi connectivity index (χ1n) is 9.05. The SMILES string of the molecule is COCCN1C(=O)C(=O)/C(=C(/O)c2cccc([N+](=O)[O-])c2)C1c1ccccc1OC. The summed E-state index contributed by atoms with van der Waals surface area (Å²) < 4.78 is 10.5. The molecule has 0 spiro atoms. The third-order valence-corrected chi connectivity index (χ3v) is 4.84. The van der Waals surface area contributed by atoms with E-state index in [1.54, 1.807) is 24.3 Å². The third-order valence-electron chi connectivity index (χ3n) is 4.84. The molecular formula is C21H20N2O7. The number of likely N-dealkylation sites (tertiary alicyclic amines) is 1. The Balaban J connectivity index is 2.22. The van der Waals surface area contributed by atoms with Crippen LogP contribution in [0.5, 0.6) is 5.75 Å². The number of para-hydroxylation sites is 1. The van der Waals surface area contributed by atoms with Gasteiger partial charge in [-0.3, -0.25) is 19.7 Å². The lowest BCUT2D eigenvalue weighted by Crippen LogP contribution is -2.32. The Morgan fingerprint density at radius 2 is 1.90 bits per heavy atom. The molecule has 30 heavy (non-hydrogen) atoms. The highest BCUT2D eigenvalue weighted by molar-refractivity contribution is 6.46. The summed E-state index contributed by atoms with van der Waals surface area (Å²) in [6.45, 7) is 0.283. The maximum Gasteiger partial charge on any atom is 0.295 e. The fraction of sp³-hybridized carbons (Fsp3) is 0.238. The average Bonchev–Trinajstić information content (AvgIpc) is 3.01. The van der Waals surface area contributed by atoms with Crippen LogP contribution in [0, 0.1) is 10.1 Å². The van der Waals surface area contributed by atoms with Crippen LogP contribution in [-0.4, -0.2) is 54.0 Å². The van der Waals surface area contributed by atoms with E-state index in [1.807, 2.05) is 0 Å². The number of amides is 1. The summed E-state index contributed by atoms with van der Waals surface area (Å²) in [4.78, 5) is 37.4. The van der Waals surface area contributed by atoms with Gasteiger partial charge >= 0.3 is 0 Å². The lowest BCUT2D eigenvalue weighted by molar-refractivity contribution is -0.384. The minimum Gasteiger partial charge on any atom is -0.507 e. The highest BCUT2D eigenvalue weighted by Crippen LogP contribution is 2.42. The van der Waals surface area contributed by atoms with Crippen LogP contribution < -0.4 is 4.74 Å². The quantitative estimate of drug-likeness (QED) is 0.244. The van der Waals surface area contributed by atoms with E-state index < -0.39 is 28.4 Å². The van der Waals surface area contributed by atoms with Gasteiger partial charge in [-0.05, 0) is 6.07 Å². The fourth-order valence-electron chi connectivity index (χ4n) is 3.44. The largest absolute Gasteiger partial charge is 0.507 e. The molecular weight excluding hydrogens is 392 g/mol. The van der Waals surface area contributed by atoms with Crippen LogP contribution in [0.15, 0.2) is 54.1 Å². The van der Waals surface area contributed by atoms with Gasteiger partial charge in [0.05, 0.1) is 30.3 Å². The molecule has 0 aromatic heterocycles. The number of ketones is 1. The van der Waals surface area contributed by atoms with Gasteiger partial charge < -0.3 is 19.5 Å². The molecule has 1 aliphatic heterocycles. The van der Waals surface area contributed by atoms with Crippen LogP contribution in [0.3, 0.4) is 0 Å². The monoisotopic (exact) mass is 412 g/mol. The van der Waals surface area contributed by atoms with Gasteiger partial charge in [-0.25, -0.2) is 0 Å². The van der Waals surface area contributed by atoms with Crippen LogP contribution in [0.1, 0.15) is 17.2 Å². The van der Waals surface area contributed by atoms with Crippen molar-refractivity contribution in [3.63, 3.8) is 0 Å². The van der Waals surface area contributed by atoms with Crippen LogP contribution in [0.2, 0.25) is 0 Å². The Kier molecular flexibility index (Phi) is 6.12. The topological polar surface area (TPSA) is 119 Å². The number of carbonyl (C=O) groups is 2. The van der Waals surface area contributed by atoms with Crippen molar-refractivity contribution < 1.29 is 29.1 Å². The number of methoxy groups -OCH3 is 2. The van der Waals surface area contributed by atoms with Gasteiger partial charge in [-0.2, -0.15) is 0 Å². The van der Waals surface area contributed by atoms with E-state index in [0.717, 1.165) is 6.07 Å². The van der Waals surface area contributed by atoms with E-state index in [-0.39, 0.29) is 30.0 Å². The van der Waals surface area contributed by atoms with Gasteiger partial charge in [-0.1, -0.05) is 30.3 Å². The first-order chi connectivity index (χ1) is 14.4. The number of nitro benzene ring substituents is 1. The van der Waals surface area contributed by atoms with E-state index in [1.165, 1.54) is 37.3 Å². The second-order valence-corrected chi connectivity index (χ2v) is 6.53. The van der Waals surface area contributed by atoms with E-state index in [9.17, 15) is 24.8 Å². The number of carbonyl (C=O) groups excluding carboxylic acids is 2. The molecule has 1 aliphatic rings. The zero-order valence-corrected chi connectivity index (χ0v) is 16.4. The van der Waals surface area contributed by atoms with Crippen LogP contribution in [0.4, 0.5) is 5.69 Å². The normalized spacial score (nSPS) is 17.9. The zero-order chi connectivity index (χ0) is 21.8. The summed E-state index contributed by atoms with van der Waals surface area (Å²) in [5.74, 6) is -1.74. The first kappa shape index (κ1) is 21.0. The minimum atomic E-state index is -0.935. The van der Waals surface area contributed by atoms with Crippen LogP contribution >= 0.6 is 0 Å². The summed E-state index contributed by atoms with van der Waals surface area (Å²) in [5.41, 5.74) is 0.152. The molecule has 0 saturated carbocycles. The predicted molar refractivity (Wildman–Crippen MR) is 107 cm³/mol. The Hall–Kier alpha value is -3.72. The van der Waals surface area contributed by atoms with Crippen molar-refractivity contribution in [1.82, 2.24) is 4.90 Å². The second kappa shape index (κ2) is 8.75. The van der Waals surface area contributed by atoms with Crippen LogP contribution in [0.25, 0.3) is 5.76 Å². The standard InChI is InChI=1S/C21H20N2O7/c1-29-11-10-22-18(15-8-3-4-9-16(15)30-2)17(20(25)21(22)26)19(24)13-6-5-7-14(12-13)23(27)28/h3-9,12,18,24H,10-11H2,1-2H3/b19-17+. The highest BCUT2D eigenvalue weighted by atomic mass is 16.6. The molecule has 1 heterocycles. The Morgan fingerprint density at radius 3 is 2.57 bits per heavy atom. The number of aliphatic hydroxyl groups is 1. The number of aliphatic hydroxyl groups excluding tert-OH is 1. The fourth-order valence-corrected chi connectivity index (χ4v) is 3.44. The summed E-state index contributed by atoms with van der Waals surface area (Å²) in [5, 5.41) is 22.0. The molecule has 9 heteroatoms. The zero-order valence-electron chi connectivity index (χ0n) is 16.4. The van der Waals surface area contributed by atoms with E-state index in [2.05, 4.69) is 0 Å². The number of ether oxygens (including phenoxy) is 2. The van der Waals surface area contributed by atoms with Crippen LogP contribution in [-0.2, 0) is 14.3 Å². The predicted octanol–water partition coefficient (Wildman–Crippen LogP) is 2.67. The molecule has 1 amide bonds. The molecule has 2 aromatic carbocycles. The third kappa shape index (κ3) is 3.74.